The number of nitrogens with zero attached hydrogens (tertiary/aromatic N) is 2. The minimum atomic E-state index is 0.531. The Hall–Kier alpha value is -0.0800. The van der Waals surface area contributed by atoms with Crippen LogP contribution in [0.5, 0.6) is 0 Å². The van der Waals surface area contributed by atoms with Gasteiger partial charge in [0, 0.05) is 32.2 Å². The normalized spacial score (nSPS) is 29.7. The smallest absolute Gasteiger partial charge is 0.0113 e. The average Bonchev–Trinajstić information content (AvgIpc) is 2.31. The highest BCUT2D eigenvalue weighted by atomic mass is 15.3. The molecule has 1 heterocycles. The van der Waals surface area contributed by atoms with Gasteiger partial charge in [-0.15, -0.1) is 0 Å². The van der Waals surface area contributed by atoms with E-state index in [0.717, 1.165) is 17.9 Å². The predicted octanol–water partition coefficient (Wildman–Crippen LogP) is 3.86. The van der Waals surface area contributed by atoms with Crippen LogP contribution >= 0.6 is 0 Å². The lowest BCUT2D eigenvalue weighted by Crippen LogP contribution is -2.49. The zero-order valence-electron chi connectivity index (χ0n) is 14.5. The van der Waals surface area contributed by atoms with Crippen molar-refractivity contribution in [2.75, 3.05) is 32.7 Å². The van der Waals surface area contributed by atoms with Crippen molar-refractivity contribution in [1.82, 2.24) is 9.80 Å². The van der Waals surface area contributed by atoms with Crippen molar-refractivity contribution < 1.29 is 0 Å². The van der Waals surface area contributed by atoms with Gasteiger partial charge in [-0.05, 0) is 63.3 Å². The van der Waals surface area contributed by atoms with Crippen LogP contribution in [0.3, 0.4) is 0 Å². The summed E-state index contributed by atoms with van der Waals surface area (Å²) in [5.41, 5.74) is 0.531. The first kappa shape index (κ1) is 16.3. The van der Waals surface area contributed by atoms with Crippen molar-refractivity contribution in [3.8, 4) is 0 Å². The van der Waals surface area contributed by atoms with E-state index in [4.69, 9.17) is 0 Å². The molecule has 1 saturated carbocycles. The number of hydrogen-bond donors (Lipinski definition) is 0. The molecule has 1 aliphatic heterocycles. The van der Waals surface area contributed by atoms with E-state index in [-0.39, 0.29) is 0 Å². The van der Waals surface area contributed by atoms with Gasteiger partial charge in [0.15, 0.2) is 0 Å². The summed E-state index contributed by atoms with van der Waals surface area (Å²) in [6.45, 7) is 18.3. The predicted molar refractivity (Wildman–Crippen MR) is 88.1 cm³/mol. The Bertz CT molecular complexity index is 278. The molecule has 0 radical (unpaired) electrons. The van der Waals surface area contributed by atoms with Crippen molar-refractivity contribution in [2.24, 2.45) is 17.3 Å². The fraction of sp³-hybridized carbons (Fsp3) is 1.00. The van der Waals surface area contributed by atoms with Crippen LogP contribution in [0.2, 0.25) is 0 Å². The van der Waals surface area contributed by atoms with Gasteiger partial charge in [0.05, 0.1) is 0 Å². The Morgan fingerprint density at radius 2 is 1.55 bits per heavy atom. The van der Waals surface area contributed by atoms with Gasteiger partial charge in [0.1, 0.15) is 0 Å². The monoisotopic (exact) mass is 280 g/mol. The fourth-order valence-corrected chi connectivity index (χ4v) is 4.01. The second-order valence-corrected chi connectivity index (χ2v) is 8.73. The molecule has 0 N–H and O–H groups in total. The average molecular weight is 281 g/mol. The lowest BCUT2D eigenvalue weighted by molar-refractivity contribution is 0.0824. The summed E-state index contributed by atoms with van der Waals surface area (Å²) in [5.74, 6) is 2.06. The SMILES string of the molecule is CC(C)N1CCN(CCC2CC(CC(C)(C)C)C2)CC1. The maximum Gasteiger partial charge on any atom is 0.0113 e. The summed E-state index contributed by atoms with van der Waals surface area (Å²) in [5, 5.41) is 0. The quantitative estimate of drug-likeness (QED) is 0.754. The third-order valence-corrected chi connectivity index (χ3v) is 5.23. The van der Waals surface area contributed by atoms with Crippen molar-refractivity contribution in [3.05, 3.63) is 0 Å². The van der Waals surface area contributed by atoms with E-state index in [9.17, 15) is 0 Å². The van der Waals surface area contributed by atoms with Crippen molar-refractivity contribution in [2.45, 2.75) is 66.3 Å². The first-order valence-corrected chi connectivity index (χ1v) is 8.80. The molecule has 2 fully saturated rings. The molecule has 0 spiro atoms. The highest BCUT2D eigenvalue weighted by molar-refractivity contribution is 4.84. The molecule has 2 nitrogen and oxygen atoms in total. The first-order valence-electron chi connectivity index (χ1n) is 8.80. The van der Waals surface area contributed by atoms with Crippen molar-refractivity contribution in [1.29, 1.82) is 0 Å². The molecule has 0 unspecified atom stereocenters. The molecule has 0 aromatic carbocycles. The molecule has 2 rings (SSSR count). The maximum atomic E-state index is 2.69. The van der Waals surface area contributed by atoms with E-state index in [0.29, 0.717) is 5.41 Å². The Labute approximate surface area is 126 Å². The van der Waals surface area contributed by atoms with Gasteiger partial charge < -0.3 is 4.90 Å². The van der Waals surface area contributed by atoms with Gasteiger partial charge in [-0.25, -0.2) is 0 Å². The lowest BCUT2D eigenvalue weighted by Gasteiger charge is -2.41. The Morgan fingerprint density at radius 3 is 2.05 bits per heavy atom. The number of hydrogen-bond acceptors (Lipinski definition) is 2. The maximum absolute atomic E-state index is 2.69. The standard InChI is InChI=1S/C18H36N2/c1-15(2)20-10-8-19(9-11-20)7-6-16-12-17(13-16)14-18(3,4)5/h15-17H,6-14H2,1-5H3. The van der Waals surface area contributed by atoms with E-state index < -0.39 is 0 Å². The van der Waals surface area contributed by atoms with E-state index in [1.54, 1.807) is 0 Å². The molecule has 1 saturated heterocycles. The van der Waals surface area contributed by atoms with Gasteiger partial charge in [0.2, 0.25) is 0 Å². The molecule has 0 aromatic rings. The summed E-state index contributed by atoms with van der Waals surface area (Å²) in [7, 11) is 0. The largest absolute Gasteiger partial charge is 0.301 e. The second kappa shape index (κ2) is 6.79. The van der Waals surface area contributed by atoms with Crippen LogP contribution in [-0.4, -0.2) is 48.6 Å². The van der Waals surface area contributed by atoms with E-state index >= 15 is 0 Å². The third-order valence-electron chi connectivity index (χ3n) is 5.23. The van der Waals surface area contributed by atoms with Gasteiger partial charge in [0.25, 0.3) is 0 Å². The third kappa shape index (κ3) is 5.04. The van der Waals surface area contributed by atoms with E-state index in [2.05, 4.69) is 44.4 Å². The molecule has 0 bridgehead atoms. The molecule has 0 amide bonds. The van der Waals surface area contributed by atoms with Crippen LogP contribution in [0.25, 0.3) is 0 Å². The van der Waals surface area contributed by atoms with Crippen molar-refractivity contribution in [3.63, 3.8) is 0 Å². The van der Waals surface area contributed by atoms with Gasteiger partial charge in [-0.2, -0.15) is 0 Å². The van der Waals surface area contributed by atoms with E-state index in [1.807, 2.05) is 0 Å². The lowest BCUT2D eigenvalue weighted by atomic mass is 9.67. The molecule has 0 aromatic heterocycles. The van der Waals surface area contributed by atoms with Crippen molar-refractivity contribution >= 4 is 0 Å². The summed E-state index contributed by atoms with van der Waals surface area (Å²) < 4.78 is 0. The minimum absolute atomic E-state index is 0.531. The molecule has 2 heteroatoms. The Balaban J connectivity index is 1.55. The van der Waals surface area contributed by atoms with Gasteiger partial charge in [-0.3, -0.25) is 4.90 Å². The Kier molecular flexibility index (Phi) is 5.53. The van der Waals surface area contributed by atoms with Crippen LogP contribution in [0.15, 0.2) is 0 Å². The fourth-order valence-electron chi connectivity index (χ4n) is 4.01. The molecule has 118 valence electrons. The molecule has 1 aliphatic carbocycles. The zero-order chi connectivity index (χ0) is 14.8. The van der Waals surface area contributed by atoms with Crippen LogP contribution in [-0.2, 0) is 0 Å². The minimum Gasteiger partial charge on any atom is -0.301 e. The zero-order valence-corrected chi connectivity index (χ0v) is 14.5. The Morgan fingerprint density at radius 1 is 0.950 bits per heavy atom. The number of piperazine rings is 1. The topological polar surface area (TPSA) is 6.48 Å². The molecule has 20 heavy (non-hydrogen) atoms. The number of rotatable bonds is 5. The summed E-state index contributed by atoms with van der Waals surface area (Å²) in [6.07, 6.45) is 5.88. The summed E-state index contributed by atoms with van der Waals surface area (Å²) >= 11 is 0. The van der Waals surface area contributed by atoms with Crippen LogP contribution in [0, 0.1) is 17.3 Å². The molecule has 0 atom stereocenters. The van der Waals surface area contributed by atoms with Gasteiger partial charge in [-0.1, -0.05) is 20.8 Å². The van der Waals surface area contributed by atoms with Crippen LogP contribution < -0.4 is 0 Å². The highest BCUT2D eigenvalue weighted by Crippen LogP contribution is 2.42. The summed E-state index contributed by atoms with van der Waals surface area (Å²) in [4.78, 5) is 5.30. The molecular formula is C18H36N2. The van der Waals surface area contributed by atoms with Crippen LogP contribution in [0.1, 0.15) is 60.3 Å². The molecule has 2 aliphatic rings. The van der Waals surface area contributed by atoms with Crippen LogP contribution in [0.4, 0.5) is 0 Å². The first-order chi connectivity index (χ1) is 9.33. The van der Waals surface area contributed by atoms with Gasteiger partial charge >= 0.3 is 0 Å². The summed E-state index contributed by atoms with van der Waals surface area (Å²) in [6, 6.07) is 0.724. The molecular weight excluding hydrogens is 244 g/mol. The highest BCUT2D eigenvalue weighted by Gasteiger charge is 2.32. The second-order valence-electron chi connectivity index (χ2n) is 8.73. The van der Waals surface area contributed by atoms with E-state index in [1.165, 1.54) is 58.4 Å².